The van der Waals surface area contributed by atoms with Crippen LogP contribution in [0.1, 0.15) is 18.1 Å². The molecule has 1 aliphatic carbocycles. The van der Waals surface area contributed by atoms with E-state index in [-0.39, 0.29) is 29.5 Å². The van der Waals surface area contributed by atoms with Crippen LogP contribution in [0.25, 0.3) is 6.08 Å². The molecule has 142 valence electrons. The molecule has 1 unspecified atom stereocenters. The van der Waals surface area contributed by atoms with Gasteiger partial charge in [0.1, 0.15) is 5.54 Å². The summed E-state index contributed by atoms with van der Waals surface area (Å²) in [5.41, 5.74) is 4.47. The molecule has 0 spiro atoms. The maximum atomic E-state index is 5.22. The van der Waals surface area contributed by atoms with Gasteiger partial charge in [0.2, 0.25) is 0 Å². The Bertz CT molecular complexity index is 846. The third kappa shape index (κ3) is 4.02. The molecule has 1 atom stereocenters. The van der Waals surface area contributed by atoms with Gasteiger partial charge in [-0.05, 0) is 42.5 Å². The molecule has 0 radical (unpaired) electrons. The number of anilines is 1. The van der Waals surface area contributed by atoms with Gasteiger partial charge in [-0.1, -0.05) is 54.2 Å². The Morgan fingerprint density at radius 1 is 1.15 bits per heavy atom. The van der Waals surface area contributed by atoms with Crippen LogP contribution in [0, 0.1) is 0 Å². The monoisotopic (exact) mass is 492 g/mol. The van der Waals surface area contributed by atoms with Crippen LogP contribution in [0.5, 0.6) is 0 Å². The second-order valence-corrected chi connectivity index (χ2v) is 7.52. The summed E-state index contributed by atoms with van der Waals surface area (Å²) in [6, 6.07) is 18.8. The predicted molar refractivity (Wildman–Crippen MR) is 128 cm³/mol. The van der Waals surface area contributed by atoms with Gasteiger partial charge < -0.3 is 10.2 Å². The van der Waals surface area contributed by atoms with E-state index in [2.05, 4.69) is 71.2 Å². The summed E-state index contributed by atoms with van der Waals surface area (Å²) < 4.78 is 0. The number of fused-ring (bicyclic) bond motifs is 1. The number of aliphatic imine (C=N–C) groups is 1. The highest BCUT2D eigenvalue weighted by Crippen LogP contribution is 2.45. The van der Waals surface area contributed by atoms with E-state index in [9.17, 15) is 0 Å². The number of rotatable bonds is 3. The van der Waals surface area contributed by atoms with Crippen LogP contribution in [-0.2, 0) is 5.54 Å². The van der Waals surface area contributed by atoms with Crippen molar-refractivity contribution in [2.24, 2.45) is 4.99 Å². The Hall–Kier alpha value is -1.51. The van der Waals surface area contributed by atoms with Crippen LogP contribution in [0.4, 0.5) is 5.69 Å². The average Bonchev–Trinajstić information content (AvgIpc) is 3.29. The molecule has 4 nitrogen and oxygen atoms in total. The number of thioether (sulfide) groups is 1. The van der Waals surface area contributed by atoms with Crippen molar-refractivity contribution in [2.75, 3.05) is 31.3 Å². The molecule has 0 saturated carbocycles. The van der Waals surface area contributed by atoms with Crippen LogP contribution in [0.15, 0.2) is 65.3 Å². The Morgan fingerprint density at radius 2 is 1.89 bits per heavy atom. The first-order valence-corrected chi connectivity index (χ1v) is 10.2. The minimum atomic E-state index is -0.386. The summed E-state index contributed by atoms with van der Waals surface area (Å²) in [4.78, 5) is 7.63. The molecule has 1 heterocycles. The third-order valence-electron chi connectivity index (χ3n) is 5.02. The maximum absolute atomic E-state index is 5.22. The van der Waals surface area contributed by atoms with Gasteiger partial charge in [0.05, 0.1) is 6.67 Å². The van der Waals surface area contributed by atoms with E-state index < -0.39 is 0 Å². The zero-order valence-electron chi connectivity index (χ0n) is 15.6. The highest BCUT2D eigenvalue weighted by Gasteiger charge is 2.41. The highest BCUT2D eigenvalue weighted by atomic mass is 127. The summed E-state index contributed by atoms with van der Waals surface area (Å²) in [7, 11) is 0. The van der Waals surface area contributed by atoms with Crippen molar-refractivity contribution in [3.8, 4) is 0 Å². The van der Waals surface area contributed by atoms with E-state index in [1.807, 2.05) is 18.2 Å². The molecule has 27 heavy (non-hydrogen) atoms. The summed E-state index contributed by atoms with van der Waals surface area (Å²) in [5.74, 6) is 0. The molecule has 0 aromatic heterocycles. The van der Waals surface area contributed by atoms with E-state index in [0.29, 0.717) is 0 Å². The maximum Gasteiger partial charge on any atom is 0.162 e. The lowest BCUT2D eigenvalue weighted by Gasteiger charge is -2.32. The minimum Gasteiger partial charge on any atom is -0.358 e. The van der Waals surface area contributed by atoms with Gasteiger partial charge in [-0.3, -0.25) is 5.32 Å². The first-order chi connectivity index (χ1) is 12.7. The quantitative estimate of drug-likeness (QED) is 0.374. The van der Waals surface area contributed by atoms with Gasteiger partial charge in [0.25, 0.3) is 0 Å². The van der Waals surface area contributed by atoms with Crippen molar-refractivity contribution in [2.45, 2.75) is 12.5 Å². The number of halogens is 1. The van der Waals surface area contributed by atoms with Crippen LogP contribution < -0.4 is 10.6 Å². The lowest BCUT2D eigenvalue weighted by Crippen LogP contribution is -2.34. The van der Waals surface area contributed by atoms with Gasteiger partial charge in [-0.15, -0.1) is 24.0 Å². The molecule has 2 aliphatic rings. The zero-order valence-corrected chi connectivity index (χ0v) is 18.8. The first-order valence-electron chi connectivity index (χ1n) is 8.94. The van der Waals surface area contributed by atoms with Crippen LogP contribution in [0.3, 0.4) is 0 Å². The molecule has 1 saturated heterocycles. The third-order valence-corrected chi connectivity index (χ3v) is 5.60. The number of benzene rings is 2. The van der Waals surface area contributed by atoms with Crippen LogP contribution in [0.2, 0.25) is 0 Å². The molecule has 1 aliphatic heterocycles. The predicted octanol–water partition coefficient (Wildman–Crippen LogP) is 4.57. The minimum absolute atomic E-state index is 0. The SMILES string of the molecule is CSC(=NC1(C)C(N2CCNC2)=Cc2ccccc21)Nc1ccccc1.I. The van der Waals surface area contributed by atoms with E-state index in [0.717, 1.165) is 30.6 Å². The summed E-state index contributed by atoms with van der Waals surface area (Å²) in [6.45, 7) is 5.15. The van der Waals surface area contributed by atoms with Crippen molar-refractivity contribution >= 4 is 52.7 Å². The summed E-state index contributed by atoms with van der Waals surface area (Å²) >= 11 is 1.65. The second kappa shape index (κ2) is 8.67. The first kappa shape index (κ1) is 20.2. The molecular weight excluding hydrogens is 467 g/mol. The van der Waals surface area contributed by atoms with Crippen molar-refractivity contribution in [1.82, 2.24) is 10.2 Å². The van der Waals surface area contributed by atoms with Gasteiger partial charge >= 0.3 is 0 Å². The smallest absolute Gasteiger partial charge is 0.162 e. The fourth-order valence-corrected chi connectivity index (χ4v) is 4.19. The van der Waals surface area contributed by atoms with Crippen molar-refractivity contribution < 1.29 is 0 Å². The van der Waals surface area contributed by atoms with E-state index in [4.69, 9.17) is 4.99 Å². The second-order valence-electron chi connectivity index (χ2n) is 6.72. The standard InChI is InChI=1S/C21H24N4S.HI/c1-21(24-20(26-2)23-17-9-4-3-5-10-17)18-11-7-6-8-16(18)14-19(21)25-13-12-22-15-25;/h3-11,14,22H,12-13,15H2,1-2H3,(H,23,24);1H. The number of hydrogen-bond acceptors (Lipinski definition) is 4. The van der Waals surface area contributed by atoms with Crippen LogP contribution in [-0.4, -0.2) is 36.1 Å². The van der Waals surface area contributed by atoms with Crippen molar-refractivity contribution in [3.05, 3.63) is 71.4 Å². The largest absolute Gasteiger partial charge is 0.358 e. The molecule has 2 N–H and O–H groups in total. The number of nitrogens with zero attached hydrogens (tertiary/aromatic N) is 2. The average molecular weight is 492 g/mol. The molecule has 2 aromatic carbocycles. The molecule has 0 bridgehead atoms. The molecular formula is C21H25IN4S. The molecule has 6 heteroatoms. The number of amidine groups is 1. The van der Waals surface area contributed by atoms with Gasteiger partial charge in [-0.2, -0.15) is 0 Å². The molecule has 4 rings (SSSR count). The topological polar surface area (TPSA) is 39.7 Å². The Balaban J connectivity index is 0.00000210. The Kier molecular flexibility index (Phi) is 6.49. The normalized spacial score (nSPS) is 21.5. The Morgan fingerprint density at radius 3 is 2.59 bits per heavy atom. The summed E-state index contributed by atoms with van der Waals surface area (Å²) in [5, 5.41) is 7.84. The lowest BCUT2D eigenvalue weighted by atomic mass is 9.92. The van der Waals surface area contributed by atoms with Crippen LogP contribution >= 0.6 is 35.7 Å². The number of para-hydroxylation sites is 1. The summed E-state index contributed by atoms with van der Waals surface area (Å²) in [6.07, 6.45) is 4.37. The van der Waals surface area contributed by atoms with E-state index in [1.165, 1.54) is 16.8 Å². The van der Waals surface area contributed by atoms with Gasteiger partial charge in [-0.25, -0.2) is 4.99 Å². The zero-order chi connectivity index (χ0) is 18.0. The number of hydrogen-bond donors (Lipinski definition) is 2. The fourth-order valence-electron chi connectivity index (χ4n) is 3.69. The Labute approximate surface area is 182 Å². The van der Waals surface area contributed by atoms with Crippen molar-refractivity contribution in [3.63, 3.8) is 0 Å². The fraction of sp³-hybridized carbons (Fsp3) is 0.286. The molecule has 1 fully saturated rings. The lowest BCUT2D eigenvalue weighted by molar-refractivity contribution is 0.353. The van der Waals surface area contributed by atoms with Gasteiger partial charge in [0, 0.05) is 24.5 Å². The molecule has 2 aromatic rings. The number of nitrogens with one attached hydrogen (secondary N) is 2. The van der Waals surface area contributed by atoms with Crippen molar-refractivity contribution in [1.29, 1.82) is 0 Å². The van der Waals surface area contributed by atoms with E-state index in [1.54, 1.807) is 11.8 Å². The van der Waals surface area contributed by atoms with E-state index >= 15 is 0 Å². The highest BCUT2D eigenvalue weighted by molar-refractivity contribution is 14.0. The molecule has 0 amide bonds. The van der Waals surface area contributed by atoms with Gasteiger partial charge in [0.15, 0.2) is 5.17 Å².